The lowest BCUT2D eigenvalue weighted by molar-refractivity contribution is 0.0558. The van der Waals surface area contributed by atoms with Crippen molar-refractivity contribution in [3.63, 3.8) is 0 Å². The fourth-order valence-electron chi connectivity index (χ4n) is 1.11. The Balaban J connectivity index is 2.14. The van der Waals surface area contributed by atoms with E-state index in [-0.39, 0.29) is 0 Å². The number of ether oxygens (including phenoxy) is 1. The monoisotopic (exact) mass is 195 g/mol. The van der Waals surface area contributed by atoms with Crippen molar-refractivity contribution >= 4 is 17.5 Å². The Hall–Kier alpha value is -1.95. The first-order chi connectivity index (χ1) is 6.81. The average Bonchev–Trinajstić information content (AvgIpc) is 2.62. The number of hydrogen-bond donors (Lipinski definition) is 2. The van der Waals surface area contributed by atoms with Gasteiger partial charge in [0.15, 0.2) is 0 Å². The van der Waals surface area contributed by atoms with E-state index in [0.717, 1.165) is 11.4 Å². The normalized spacial score (nSPS) is 13.1. The third-order valence-electron chi connectivity index (χ3n) is 1.75. The number of hydrogen-bond acceptors (Lipinski definition) is 6. The predicted octanol–water partition coefficient (Wildman–Crippen LogP) is 1.04. The highest BCUT2D eigenvalue weighted by atomic mass is 16.8. The van der Waals surface area contributed by atoms with Gasteiger partial charge in [-0.1, -0.05) is 12.1 Å². The van der Waals surface area contributed by atoms with Crippen LogP contribution in [0.25, 0.3) is 0 Å². The molecule has 0 amide bonds. The fraction of sp³-hybridized carbons (Fsp3) is 0.125. The summed E-state index contributed by atoms with van der Waals surface area (Å²) in [6.07, 6.45) is -0.781. The van der Waals surface area contributed by atoms with Crippen LogP contribution in [0.15, 0.2) is 24.3 Å². The summed E-state index contributed by atoms with van der Waals surface area (Å²) in [5, 5.41) is 1.20. The smallest absolute Gasteiger partial charge is 0.436 e. The molecule has 0 radical (unpaired) electrons. The van der Waals surface area contributed by atoms with E-state index in [1.165, 1.54) is 12.3 Å². The number of fused-ring (bicyclic) bond motifs is 1. The second kappa shape index (κ2) is 3.43. The number of rotatable bonds is 1. The van der Waals surface area contributed by atoms with Gasteiger partial charge in [-0.15, -0.1) is 10.7 Å². The molecule has 74 valence electrons. The molecule has 14 heavy (non-hydrogen) atoms. The van der Waals surface area contributed by atoms with Gasteiger partial charge < -0.3 is 4.74 Å². The van der Waals surface area contributed by atoms with E-state index in [1.54, 1.807) is 6.07 Å². The Morgan fingerprint density at radius 2 is 2.21 bits per heavy atom. The second-order valence-electron chi connectivity index (χ2n) is 2.59. The SMILES string of the molecule is COC(=O)ON1NNc2ccccc21. The lowest BCUT2D eigenvalue weighted by Gasteiger charge is -2.14. The average molecular weight is 195 g/mol. The first kappa shape index (κ1) is 8.64. The topological polar surface area (TPSA) is 62.8 Å². The van der Waals surface area contributed by atoms with Crippen molar-refractivity contribution in [2.24, 2.45) is 0 Å². The highest BCUT2D eigenvalue weighted by Gasteiger charge is 2.21. The Kier molecular flexibility index (Phi) is 2.11. The van der Waals surface area contributed by atoms with Crippen molar-refractivity contribution in [1.82, 2.24) is 5.53 Å². The van der Waals surface area contributed by atoms with Crippen molar-refractivity contribution in [2.45, 2.75) is 0 Å². The summed E-state index contributed by atoms with van der Waals surface area (Å²) >= 11 is 0. The lowest BCUT2D eigenvalue weighted by Crippen LogP contribution is -2.37. The molecule has 0 saturated carbocycles. The largest absolute Gasteiger partial charge is 0.534 e. The minimum Gasteiger partial charge on any atom is -0.436 e. The van der Waals surface area contributed by atoms with Gasteiger partial charge in [0.2, 0.25) is 0 Å². The molecule has 2 rings (SSSR count). The number of nitrogens with one attached hydrogen (secondary N) is 2. The van der Waals surface area contributed by atoms with Gasteiger partial charge >= 0.3 is 6.16 Å². The van der Waals surface area contributed by atoms with Crippen LogP contribution in [-0.4, -0.2) is 13.3 Å². The van der Waals surface area contributed by atoms with Gasteiger partial charge in [-0.2, -0.15) is 0 Å². The van der Waals surface area contributed by atoms with Crippen LogP contribution in [0.4, 0.5) is 16.2 Å². The van der Waals surface area contributed by atoms with Gasteiger partial charge in [-0.25, -0.2) is 4.79 Å². The molecule has 0 fully saturated rings. The molecule has 0 aromatic heterocycles. The third-order valence-corrected chi connectivity index (χ3v) is 1.75. The number of carbonyl (C=O) groups is 1. The van der Waals surface area contributed by atoms with Crippen molar-refractivity contribution in [1.29, 1.82) is 0 Å². The zero-order chi connectivity index (χ0) is 9.97. The van der Waals surface area contributed by atoms with Crippen molar-refractivity contribution < 1.29 is 14.4 Å². The molecular weight excluding hydrogens is 186 g/mol. The van der Waals surface area contributed by atoms with E-state index >= 15 is 0 Å². The minimum atomic E-state index is -0.781. The first-order valence-corrected chi connectivity index (χ1v) is 3.98. The van der Waals surface area contributed by atoms with Crippen LogP contribution in [-0.2, 0) is 9.57 Å². The number of methoxy groups -OCH3 is 1. The Bertz CT molecular complexity index is 355. The van der Waals surface area contributed by atoms with Gasteiger partial charge in [0.25, 0.3) is 0 Å². The highest BCUT2D eigenvalue weighted by molar-refractivity contribution is 5.73. The highest BCUT2D eigenvalue weighted by Crippen LogP contribution is 2.28. The van der Waals surface area contributed by atoms with Crippen LogP contribution >= 0.6 is 0 Å². The van der Waals surface area contributed by atoms with Crippen LogP contribution in [0.3, 0.4) is 0 Å². The van der Waals surface area contributed by atoms with E-state index in [4.69, 9.17) is 4.84 Å². The number of benzene rings is 1. The zero-order valence-electron chi connectivity index (χ0n) is 7.48. The molecule has 6 heteroatoms. The number of para-hydroxylation sites is 2. The van der Waals surface area contributed by atoms with E-state index < -0.39 is 6.16 Å². The van der Waals surface area contributed by atoms with E-state index in [9.17, 15) is 4.79 Å². The summed E-state index contributed by atoms with van der Waals surface area (Å²) in [4.78, 5) is 15.6. The third kappa shape index (κ3) is 1.42. The lowest BCUT2D eigenvalue weighted by atomic mass is 10.3. The molecule has 0 atom stereocenters. The number of nitrogens with zero attached hydrogens (tertiary/aromatic N) is 1. The molecule has 0 saturated heterocycles. The molecule has 1 aliphatic heterocycles. The van der Waals surface area contributed by atoms with Gasteiger partial charge in [-0.05, 0) is 12.1 Å². The van der Waals surface area contributed by atoms with Crippen LogP contribution in [0.1, 0.15) is 0 Å². The van der Waals surface area contributed by atoms with Gasteiger partial charge in [0, 0.05) is 0 Å². The molecule has 1 heterocycles. The Labute approximate surface area is 80.3 Å². The molecule has 1 aromatic carbocycles. The molecule has 1 aliphatic rings. The summed E-state index contributed by atoms with van der Waals surface area (Å²) < 4.78 is 4.36. The maximum atomic E-state index is 10.8. The van der Waals surface area contributed by atoms with Crippen LogP contribution in [0.2, 0.25) is 0 Å². The molecule has 0 aliphatic carbocycles. The maximum absolute atomic E-state index is 10.8. The number of carbonyl (C=O) groups excluding carboxylic acids is 1. The number of anilines is 2. The summed E-state index contributed by atoms with van der Waals surface area (Å²) in [5.41, 5.74) is 7.02. The van der Waals surface area contributed by atoms with Gasteiger partial charge in [0.05, 0.1) is 12.8 Å². The Morgan fingerprint density at radius 3 is 3.00 bits per heavy atom. The summed E-state index contributed by atoms with van der Waals surface area (Å²) in [7, 11) is 1.25. The van der Waals surface area contributed by atoms with Crippen molar-refractivity contribution in [3.8, 4) is 0 Å². The van der Waals surface area contributed by atoms with Gasteiger partial charge in [-0.3, -0.25) is 10.3 Å². The summed E-state index contributed by atoms with van der Waals surface area (Å²) in [6, 6.07) is 7.35. The fourth-order valence-corrected chi connectivity index (χ4v) is 1.11. The molecule has 2 N–H and O–H groups in total. The van der Waals surface area contributed by atoms with E-state index in [2.05, 4.69) is 15.7 Å². The van der Waals surface area contributed by atoms with Crippen LogP contribution in [0, 0.1) is 0 Å². The van der Waals surface area contributed by atoms with Crippen LogP contribution in [0.5, 0.6) is 0 Å². The molecule has 0 unspecified atom stereocenters. The second-order valence-corrected chi connectivity index (χ2v) is 2.59. The van der Waals surface area contributed by atoms with Crippen molar-refractivity contribution in [3.05, 3.63) is 24.3 Å². The minimum absolute atomic E-state index is 0.720. The molecular formula is C8H9N3O3. The summed E-state index contributed by atoms with van der Waals surface area (Å²) in [6.45, 7) is 0. The first-order valence-electron chi connectivity index (χ1n) is 3.98. The summed E-state index contributed by atoms with van der Waals surface area (Å²) in [5.74, 6) is 0. The van der Waals surface area contributed by atoms with Crippen molar-refractivity contribution in [2.75, 3.05) is 17.7 Å². The zero-order valence-corrected chi connectivity index (χ0v) is 7.48. The molecule has 6 nitrogen and oxygen atoms in total. The van der Waals surface area contributed by atoms with E-state index in [1.807, 2.05) is 18.2 Å². The van der Waals surface area contributed by atoms with Gasteiger partial charge in [0.1, 0.15) is 5.69 Å². The predicted molar refractivity (Wildman–Crippen MR) is 49.2 cm³/mol. The van der Waals surface area contributed by atoms with E-state index in [0.29, 0.717) is 0 Å². The molecule has 1 aromatic rings. The molecule has 0 spiro atoms. The molecule has 0 bridgehead atoms. The standard InChI is InChI=1S/C8H9N3O3/c1-13-8(12)14-11-7-5-3-2-4-6(7)9-10-11/h2-5,9-10H,1H3. The Morgan fingerprint density at radius 1 is 1.43 bits per heavy atom. The van der Waals surface area contributed by atoms with Crippen LogP contribution < -0.4 is 16.1 Å². The maximum Gasteiger partial charge on any atom is 0.534 e. The quantitative estimate of drug-likeness (QED) is 0.653. The number of hydrazine groups is 2.